The fourth-order valence-corrected chi connectivity index (χ4v) is 3.86. The Hall–Kier alpha value is -3.09. The third-order valence-corrected chi connectivity index (χ3v) is 5.93. The monoisotopic (exact) mass is 728 g/mol. The van der Waals surface area contributed by atoms with E-state index in [1.807, 2.05) is 0 Å². The van der Waals surface area contributed by atoms with Gasteiger partial charge in [-0.3, -0.25) is 34.2 Å². The second-order valence-corrected chi connectivity index (χ2v) is 9.10. The number of nitro benzene ring substituents is 2. The van der Waals surface area contributed by atoms with Gasteiger partial charge in [0.05, 0.1) is 18.4 Å². The van der Waals surface area contributed by atoms with Gasteiger partial charge in [0, 0.05) is 41.8 Å². The summed E-state index contributed by atoms with van der Waals surface area (Å²) in [4.78, 5) is 55.7. The number of halogens is 4. The Morgan fingerprint density at radius 2 is 1.51 bits per heavy atom. The van der Waals surface area contributed by atoms with Crippen molar-refractivity contribution >= 4 is 69.7 Å². The van der Waals surface area contributed by atoms with Gasteiger partial charge in [0.2, 0.25) is 11.6 Å². The molecule has 3 aromatic heterocycles. The summed E-state index contributed by atoms with van der Waals surface area (Å²) in [7, 11) is -1.00. The summed E-state index contributed by atoms with van der Waals surface area (Å²) >= 11 is 17.3. The second kappa shape index (κ2) is 22.5. The number of fused-ring (bicyclic) bond motifs is 1. The molecule has 0 aliphatic heterocycles. The van der Waals surface area contributed by atoms with Gasteiger partial charge in [-0.2, -0.15) is 4.98 Å². The van der Waals surface area contributed by atoms with Gasteiger partial charge in [-0.05, 0) is 29.8 Å². The van der Waals surface area contributed by atoms with Crippen LogP contribution in [0, 0.1) is 20.2 Å². The third kappa shape index (κ3) is 13.9. The molecule has 0 amide bonds. The molecular formula is C27H19Cl3FN5Na2O9. The second-order valence-electron chi connectivity index (χ2n) is 7.97. The van der Waals surface area contributed by atoms with E-state index < -0.39 is 17.0 Å². The zero-order valence-corrected chi connectivity index (χ0v) is 30.6. The molecule has 236 valence electrons. The van der Waals surface area contributed by atoms with Crippen molar-refractivity contribution in [2.45, 2.75) is 6.42 Å². The van der Waals surface area contributed by atoms with E-state index in [9.17, 15) is 29.4 Å². The average molecular weight is 730 g/mol. The van der Waals surface area contributed by atoms with E-state index in [2.05, 4.69) is 19.8 Å². The number of rotatable bonds is 7. The summed E-state index contributed by atoms with van der Waals surface area (Å²) in [5.41, 5.74) is 1.99. The third-order valence-electron chi connectivity index (χ3n) is 5.19. The molecule has 0 aliphatic carbocycles. The molecule has 0 aliphatic rings. The molecule has 5 rings (SSSR count). The minimum absolute atomic E-state index is 0. The molecule has 47 heavy (non-hydrogen) atoms. The molecule has 0 unspecified atom stereocenters. The summed E-state index contributed by atoms with van der Waals surface area (Å²) < 4.78 is 20.9. The predicted molar refractivity (Wildman–Crippen MR) is 160 cm³/mol. The summed E-state index contributed by atoms with van der Waals surface area (Å²) in [6, 6.07) is 18.0. The Labute approximate surface area is 326 Å². The van der Waals surface area contributed by atoms with E-state index in [1.165, 1.54) is 42.5 Å². The number of hydrogen-bond acceptors (Lipinski definition) is 12. The quantitative estimate of drug-likeness (QED) is 0.0423. The average Bonchev–Trinajstić information content (AvgIpc) is 3.47. The summed E-state index contributed by atoms with van der Waals surface area (Å²) in [5.74, 6) is -0.00631. The van der Waals surface area contributed by atoms with Crippen molar-refractivity contribution in [1.82, 2.24) is 15.0 Å². The largest absolute Gasteiger partial charge is 1.00 e. The van der Waals surface area contributed by atoms with Crippen LogP contribution >= 0.6 is 34.8 Å². The van der Waals surface area contributed by atoms with Crippen molar-refractivity contribution in [3.05, 3.63) is 120 Å². The Kier molecular flexibility index (Phi) is 20.1. The molecule has 0 N–H and O–H groups in total. The maximum Gasteiger partial charge on any atom is 1.00 e. The van der Waals surface area contributed by atoms with Crippen LogP contribution in [0.4, 0.5) is 15.8 Å². The number of non-ortho nitro benzene ring substituents is 2. The van der Waals surface area contributed by atoms with Crippen molar-refractivity contribution < 1.29 is 100 Å². The Balaban J connectivity index is 0. The minimum Gasteiger partial charge on any atom is -1.00 e. The number of benzene rings is 2. The molecule has 0 saturated carbocycles. The van der Waals surface area contributed by atoms with Crippen molar-refractivity contribution in [1.29, 1.82) is 0 Å². The number of ketones is 1. The van der Waals surface area contributed by atoms with E-state index in [1.54, 1.807) is 30.3 Å². The van der Waals surface area contributed by atoms with E-state index >= 15 is 0 Å². The van der Waals surface area contributed by atoms with E-state index in [4.69, 9.17) is 50.6 Å². The molecule has 14 nitrogen and oxygen atoms in total. The number of pyridine rings is 2. The smallest absolute Gasteiger partial charge is 1.00 e. The van der Waals surface area contributed by atoms with Gasteiger partial charge in [0.1, 0.15) is 21.0 Å². The van der Waals surface area contributed by atoms with Gasteiger partial charge in [0.15, 0.2) is 5.78 Å². The van der Waals surface area contributed by atoms with Gasteiger partial charge in [-0.1, -0.05) is 59.1 Å². The Bertz CT molecular complexity index is 1850. The first-order chi connectivity index (χ1) is 21.9. The van der Waals surface area contributed by atoms with Gasteiger partial charge < -0.3 is 16.0 Å². The van der Waals surface area contributed by atoms with Gasteiger partial charge in [-0.25, -0.2) is 9.97 Å². The molecule has 0 radical (unpaired) electrons. The molecule has 20 heteroatoms. The molecule has 0 bridgehead atoms. The van der Waals surface area contributed by atoms with Crippen molar-refractivity contribution in [3.63, 3.8) is 0 Å². The van der Waals surface area contributed by atoms with Crippen LogP contribution < -0.4 is 64.4 Å². The van der Waals surface area contributed by atoms with Gasteiger partial charge >= 0.3 is 59.1 Å². The molecule has 0 saturated heterocycles. The van der Waals surface area contributed by atoms with Crippen LogP contribution in [0.25, 0.3) is 22.7 Å². The van der Waals surface area contributed by atoms with E-state index in [0.29, 0.717) is 27.5 Å². The zero-order chi connectivity index (χ0) is 34.2. The minimum atomic E-state index is -1.00. The summed E-state index contributed by atoms with van der Waals surface area (Å²) in [6.45, 7) is -0.181. The van der Waals surface area contributed by atoms with Crippen molar-refractivity contribution in [2.24, 2.45) is 0 Å². The molecule has 0 fully saturated rings. The SMILES string of the molecule is O=C(Cc1ccc(Cl)nc1Cl)c1cccc([N+](=O)[O-])c1.O=CO[O-].O=[N+]([O-])c1cccc(-c2nc3ccc(Cl)nc3o2)c1.[2H]CF.[H-].[Na+].[Na+]. The number of hydrogen-bond donors (Lipinski definition) is 0. The molecule has 0 atom stereocenters. The first-order valence-corrected chi connectivity index (χ1v) is 12.9. The molecule has 0 spiro atoms. The Morgan fingerprint density at radius 3 is 2.09 bits per heavy atom. The number of Topliss-reactive ketones (excluding diaryl/α,β-unsaturated/α-hetero) is 1. The fourth-order valence-electron chi connectivity index (χ4n) is 3.31. The van der Waals surface area contributed by atoms with Crippen LogP contribution in [0.1, 0.15) is 18.7 Å². The van der Waals surface area contributed by atoms with E-state index in [-0.39, 0.29) is 112 Å². The number of carbonyl (C=O) groups is 2. The van der Waals surface area contributed by atoms with Crippen LogP contribution in [0.3, 0.4) is 0 Å². The Morgan fingerprint density at radius 1 is 0.957 bits per heavy atom. The number of carbonyl (C=O) groups excluding carboxylic acids is 2. The molecule has 2 aromatic carbocycles. The van der Waals surface area contributed by atoms with E-state index in [0.717, 1.165) is 0 Å². The predicted octanol–water partition coefficient (Wildman–Crippen LogP) is 0.314. The van der Waals surface area contributed by atoms with Crippen LogP contribution in [-0.2, 0) is 16.1 Å². The molecular weight excluding hydrogens is 710 g/mol. The fraction of sp³-hybridized carbons (Fsp3) is 0.0741. The maximum absolute atomic E-state index is 12.1. The number of nitrogens with zero attached hydrogens (tertiary/aromatic N) is 5. The zero-order valence-electron chi connectivity index (χ0n) is 26.3. The maximum atomic E-state index is 12.1. The van der Waals surface area contributed by atoms with Crippen molar-refractivity contribution in [3.8, 4) is 11.5 Å². The van der Waals surface area contributed by atoms with Crippen molar-refractivity contribution in [2.75, 3.05) is 7.15 Å². The number of aromatic nitrogens is 3. The topological polar surface area (TPSA) is 205 Å². The number of oxazole rings is 1. The summed E-state index contributed by atoms with van der Waals surface area (Å²) in [6.07, 6.45) is 0.00414. The number of nitro groups is 2. The van der Waals surface area contributed by atoms with Crippen LogP contribution in [0.15, 0.2) is 77.2 Å². The van der Waals surface area contributed by atoms with Crippen LogP contribution in [-0.4, -0.2) is 44.2 Å². The van der Waals surface area contributed by atoms with Gasteiger partial charge in [-0.15, -0.1) is 0 Å². The number of alkyl halides is 1. The first kappa shape index (κ1) is 41.9. The van der Waals surface area contributed by atoms with Crippen LogP contribution in [0.2, 0.25) is 15.5 Å². The standard InChI is InChI=1S/C13H8Cl2N2O3.C12H6ClN3O3.CH3F.CH2O3.2Na.H/c14-12-5-4-9(13(15)16-12)7-11(18)8-2-1-3-10(6-8)17(19)20;13-10-5-4-9-12(15-10)19-11(14-9)7-2-1-3-8(6-7)16(17)18;1-2;2-1-4-3;;;/h1-6H,7H2;1-6H;1H3;1,3H;;;/q;;;;2*+1;-1/p-1/i;;1D;;;;. The normalized spacial score (nSPS) is 9.60. The molecule has 5 aromatic rings. The van der Waals surface area contributed by atoms with Crippen LogP contribution in [0.5, 0.6) is 0 Å². The molecule has 3 heterocycles. The summed E-state index contributed by atoms with van der Waals surface area (Å²) in [5, 5.41) is 30.5. The van der Waals surface area contributed by atoms with Gasteiger partial charge in [0.25, 0.3) is 17.8 Å². The first-order valence-electron chi connectivity index (χ1n) is 12.5.